The van der Waals surface area contributed by atoms with Gasteiger partial charge in [0.05, 0.1) is 17.1 Å². The van der Waals surface area contributed by atoms with Crippen LogP contribution in [0, 0.1) is 12.1 Å². The Balaban J connectivity index is 1.19. The van der Waals surface area contributed by atoms with Crippen molar-refractivity contribution >= 4 is 60.3 Å². The van der Waals surface area contributed by atoms with Crippen LogP contribution in [-0.2, 0) is 0 Å². The summed E-state index contributed by atoms with van der Waals surface area (Å²) < 4.78 is 1.30. The zero-order valence-electron chi connectivity index (χ0n) is 27.1. The van der Waals surface area contributed by atoms with E-state index >= 15 is 0 Å². The monoisotopic (exact) mass is 655 g/mol. The van der Waals surface area contributed by atoms with Gasteiger partial charge in [0.2, 0.25) is 0 Å². The molecule has 234 valence electrons. The van der Waals surface area contributed by atoms with E-state index in [4.69, 9.17) is 9.97 Å². The minimum Gasteiger partial charge on any atom is -0.315 e. The van der Waals surface area contributed by atoms with Gasteiger partial charge in [-0.2, -0.15) is 0 Å². The summed E-state index contributed by atoms with van der Waals surface area (Å²) in [6.45, 7) is 0. The van der Waals surface area contributed by atoms with E-state index in [9.17, 15) is 0 Å². The van der Waals surface area contributed by atoms with E-state index in [0.29, 0.717) is 0 Å². The number of anilines is 2. The SMILES string of the molecule is c1ccc2ccc3sc4c(c3c2c#1)C1=C(C=CCC1)C1c2ccccc2N(c2nc3ccccc3nc2-c2ccc(-c3ccccc3)cc2)C41. The molecule has 1 aliphatic heterocycles. The Bertz CT molecular complexity index is 2720. The first-order valence-corrected chi connectivity index (χ1v) is 18.1. The number of fused-ring (bicyclic) bond motifs is 12. The molecule has 0 bridgehead atoms. The van der Waals surface area contributed by atoms with Crippen LogP contribution in [0.4, 0.5) is 11.5 Å². The minimum atomic E-state index is 0.0295. The van der Waals surface area contributed by atoms with Crippen LogP contribution in [0.3, 0.4) is 0 Å². The average Bonchev–Trinajstić information content (AvgIpc) is 3.75. The Morgan fingerprint density at radius 1 is 0.720 bits per heavy atom. The van der Waals surface area contributed by atoms with Crippen molar-refractivity contribution in [3.05, 3.63) is 173 Å². The highest BCUT2D eigenvalue weighted by atomic mass is 32.1. The van der Waals surface area contributed by atoms with Gasteiger partial charge in [0, 0.05) is 43.1 Å². The van der Waals surface area contributed by atoms with E-state index in [1.54, 1.807) is 0 Å². The lowest BCUT2D eigenvalue weighted by Gasteiger charge is -2.36. The standard InChI is InChI=1S/C46H29N3S/c1-2-12-28(13-3-1)29-22-24-31(25-23-29)43-46(48-37-20-10-9-19-36(37)47-43)49-38-21-11-8-18-35(38)40-33-16-6-7-17-34(33)42-41-32-15-5-4-14-30(32)26-27-39(41)50-45(42)44(40)49/h1-4,6,8-14,16,18-27,40,44H,7,17H2. The predicted molar refractivity (Wildman–Crippen MR) is 207 cm³/mol. The normalized spacial score (nSPS) is 17.5. The maximum Gasteiger partial charge on any atom is 0.161 e. The average molecular weight is 656 g/mol. The zero-order chi connectivity index (χ0) is 32.8. The van der Waals surface area contributed by atoms with Crippen molar-refractivity contribution in [3.8, 4) is 22.4 Å². The van der Waals surface area contributed by atoms with E-state index in [0.717, 1.165) is 46.3 Å². The molecule has 2 aliphatic carbocycles. The smallest absolute Gasteiger partial charge is 0.161 e. The molecule has 8 aromatic rings. The van der Waals surface area contributed by atoms with Gasteiger partial charge in [0.25, 0.3) is 0 Å². The summed E-state index contributed by atoms with van der Waals surface area (Å²) in [7, 11) is 0. The lowest BCUT2D eigenvalue weighted by atomic mass is 9.73. The highest BCUT2D eigenvalue weighted by Crippen LogP contribution is 2.64. The van der Waals surface area contributed by atoms with Crippen LogP contribution < -0.4 is 4.90 Å². The fourth-order valence-corrected chi connectivity index (χ4v) is 9.96. The Kier molecular flexibility index (Phi) is 5.99. The maximum atomic E-state index is 5.51. The molecule has 3 aliphatic rings. The number of nitrogens with zero attached hydrogens (tertiary/aromatic N) is 3. The van der Waals surface area contributed by atoms with Gasteiger partial charge < -0.3 is 4.90 Å². The van der Waals surface area contributed by atoms with Gasteiger partial charge in [-0.3, -0.25) is 0 Å². The quantitative estimate of drug-likeness (QED) is 0.190. The van der Waals surface area contributed by atoms with Crippen molar-refractivity contribution in [1.29, 1.82) is 0 Å². The Morgan fingerprint density at radius 2 is 1.48 bits per heavy atom. The summed E-state index contributed by atoms with van der Waals surface area (Å²) in [6, 6.07) is 52.1. The molecule has 3 nitrogen and oxygen atoms in total. The van der Waals surface area contributed by atoms with Gasteiger partial charge >= 0.3 is 0 Å². The first-order valence-electron chi connectivity index (χ1n) is 17.3. The van der Waals surface area contributed by atoms with Crippen LogP contribution in [0.15, 0.2) is 145 Å². The Morgan fingerprint density at radius 3 is 2.36 bits per heavy atom. The third-order valence-corrected chi connectivity index (χ3v) is 12.0. The number of aromatic nitrogens is 2. The van der Waals surface area contributed by atoms with E-state index < -0.39 is 0 Å². The highest BCUT2D eigenvalue weighted by Gasteiger charge is 2.49. The molecular weight excluding hydrogens is 627 g/mol. The maximum absolute atomic E-state index is 5.51. The fourth-order valence-electron chi connectivity index (χ4n) is 8.59. The van der Waals surface area contributed by atoms with Crippen LogP contribution >= 0.6 is 11.3 Å². The number of thiophene rings is 1. The minimum absolute atomic E-state index is 0.0295. The topological polar surface area (TPSA) is 29.0 Å². The number of para-hydroxylation sites is 3. The summed E-state index contributed by atoms with van der Waals surface area (Å²) in [5.74, 6) is 1.08. The van der Waals surface area contributed by atoms with Gasteiger partial charge in [-0.15, -0.1) is 11.3 Å². The summed E-state index contributed by atoms with van der Waals surface area (Å²) in [5.41, 5.74) is 13.0. The Hall–Kier alpha value is -6.02. The first kappa shape index (κ1) is 27.9. The largest absolute Gasteiger partial charge is 0.315 e. The van der Waals surface area contributed by atoms with E-state index in [1.807, 2.05) is 23.5 Å². The van der Waals surface area contributed by atoms with Gasteiger partial charge in [0.1, 0.15) is 5.69 Å². The van der Waals surface area contributed by atoms with Crippen molar-refractivity contribution in [2.24, 2.45) is 0 Å². The fraction of sp³-hybridized carbons (Fsp3) is 0.0870. The van der Waals surface area contributed by atoms with Gasteiger partial charge in [-0.1, -0.05) is 115 Å². The molecule has 4 heteroatoms. The third-order valence-electron chi connectivity index (χ3n) is 10.7. The predicted octanol–water partition coefficient (Wildman–Crippen LogP) is 12.0. The number of hydrogen-bond donors (Lipinski definition) is 0. The molecule has 2 aromatic heterocycles. The highest BCUT2D eigenvalue weighted by molar-refractivity contribution is 7.19. The second-order valence-corrected chi connectivity index (χ2v) is 14.5. The van der Waals surface area contributed by atoms with E-state index in [1.165, 1.54) is 59.4 Å². The first-order chi connectivity index (χ1) is 24.8. The second-order valence-electron chi connectivity index (χ2n) is 13.4. The van der Waals surface area contributed by atoms with Crippen molar-refractivity contribution in [3.63, 3.8) is 0 Å². The molecule has 0 fully saturated rings. The molecule has 0 saturated carbocycles. The molecule has 3 heterocycles. The molecule has 11 rings (SSSR count). The van der Waals surface area contributed by atoms with Gasteiger partial charge in [-0.25, -0.2) is 9.97 Å². The molecular formula is C46H29N3S. The number of hydrogen-bond acceptors (Lipinski definition) is 4. The summed E-state index contributed by atoms with van der Waals surface area (Å²) in [6.07, 6.45) is 6.88. The zero-order valence-corrected chi connectivity index (χ0v) is 27.9. The summed E-state index contributed by atoms with van der Waals surface area (Å²) >= 11 is 1.94. The van der Waals surface area contributed by atoms with Gasteiger partial charge in [0.15, 0.2) is 5.82 Å². The van der Waals surface area contributed by atoms with Crippen LogP contribution in [0.25, 0.3) is 59.8 Å². The molecule has 0 N–H and O–H groups in total. The van der Waals surface area contributed by atoms with Crippen LogP contribution in [0.2, 0.25) is 0 Å². The van der Waals surface area contributed by atoms with E-state index in [-0.39, 0.29) is 12.0 Å². The van der Waals surface area contributed by atoms with Crippen LogP contribution in [-0.4, -0.2) is 9.97 Å². The lowest BCUT2D eigenvalue weighted by Crippen LogP contribution is -2.27. The molecule has 50 heavy (non-hydrogen) atoms. The van der Waals surface area contributed by atoms with E-state index in [2.05, 4.69) is 144 Å². The number of rotatable bonds is 3. The molecule has 0 radical (unpaired) electrons. The van der Waals surface area contributed by atoms with Crippen LogP contribution in [0.5, 0.6) is 0 Å². The van der Waals surface area contributed by atoms with Crippen molar-refractivity contribution in [2.75, 3.05) is 4.90 Å². The molecule has 2 unspecified atom stereocenters. The molecule has 6 aromatic carbocycles. The Labute approximate surface area is 294 Å². The molecule has 0 saturated heterocycles. The molecule has 0 spiro atoms. The number of benzene rings is 5. The van der Waals surface area contributed by atoms with Crippen molar-refractivity contribution in [2.45, 2.75) is 24.8 Å². The lowest BCUT2D eigenvalue weighted by molar-refractivity contribution is 0.649. The summed E-state index contributed by atoms with van der Waals surface area (Å²) in [4.78, 5) is 14.8. The van der Waals surface area contributed by atoms with Crippen molar-refractivity contribution < 1.29 is 0 Å². The third kappa shape index (κ3) is 3.99. The molecule has 2 atom stereocenters. The van der Waals surface area contributed by atoms with Crippen LogP contribution in [0.1, 0.15) is 40.8 Å². The van der Waals surface area contributed by atoms with Crippen molar-refractivity contribution in [1.82, 2.24) is 9.97 Å². The number of allylic oxidation sites excluding steroid dienone is 3. The second kappa shape index (κ2) is 10.7. The van der Waals surface area contributed by atoms with Gasteiger partial charge in [-0.05, 0) is 82.5 Å². The molecule has 0 amide bonds. The summed E-state index contributed by atoms with van der Waals surface area (Å²) in [5, 5.41) is 3.69.